The highest BCUT2D eigenvalue weighted by atomic mass is 16.3. The van der Waals surface area contributed by atoms with Crippen molar-refractivity contribution in [1.29, 1.82) is 0 Å². The number of hydrogen-bond acceptors (Lipinski definition) is 5. The van der Waals surface area contributed by atoms with Crippen molar-refractivity contribution in [2.24, 2.45) is 17.6 Å². The van der Waals surface area contributed by atoms with E-state index in [0.29, 0.717) is 31.0 Å². The quantitative estimate of drug-likeness (QED) is 0.803. The first-order valence-electron chi connectivity index (χ1n) is 8.10. The predicted octanol–water partition coefficient (Wildman–Crippen LogP) is 1.58. The molecule has 2 heterocycles. The molecule has 126 valence electrons. The molecular weight excluding hydrogens is 294 g/mol. The minimum Gasteiger partial charge on any atom is -0.506 e. The molecule has 1 aliphatic rings. The molecule has 0 radical (unpaired) electrons. The minimum atomic E-state index is -0.455. The summed E-state index contributed by atoms with van der Waals surface area (Å²) in [6, 6.07) is 0.996. The Labute approximate surface area is 136 Å². The first kappa shape index (κ1) is 17.4. The van der Waals surface area contributed by atoms with Crippen molar-refractivity contribution < 1.29 is 14.7 Å². The van der Waals surface area contributed by atoms with E-state index in [0.717, 1.165) is 12.8 Å². The molecule has 1 fully saturated rings. The van der Waals surface area contributed by atoms with Crippen LogP contribution in [0.2, 0.25) is 0 Å². The Balaban J connectivity index is 1.86. The maximum atomic E-state index is 12.3. The van der Waals surface area contributed by atoms with Crippen LogP contribution >= 0.6 is 0 Å². The SMILES string of the molecule is CC(CC(=O)c1cncc(O)c1)C1CCN(C(=O)[C@H](C)N)CC1. The molecule has 1 aromatic heterocycles. The van der Waals surface area contributed by atoms with Crippen molar-refractivity contribution in [2.45, 2.75) is 39.2 Å². The fourth-order valence-corrected chi connectivity index (χ4v) is 3.13. The normalized spacial score (nSPS) is 18.5. The molecule has 1 amide bonds. The molecule has 0 spiro atoms. The van der Waals surface area contributed by atoms with Gasteiger partial charge in [-0.3, -0.25) is 14.6 Å². The molecule has 2 atom stereocenters. The van der Waals surface area contributed by atoms with Gasteiger partial charge in [0, 0.05) is 31.3 Å². The zero-order valence-corrected chi connectivity index (χ0v) is 13.7. The van der Waals surface area contributed by atoms with Gasteiger partial charge in [0.1, 0.15) is 5.75 Å². The van der Waals surface area contributed by atoms with Crippen molar-refractivity contribution in [3.63, 3.8) is 0 Å². The lowest BCUT2D eigenvalue weighted by atomic mass is 9.82. The van der Waals surface area contributed by atoms with Gasteiger partial charge in [-0.1, -0.05) is 6.92 Å². The molecule has 23 heavy (non-hydrogen) atoms. The largest absolute Gasteiger partial charge is 0.506 e. The van der Waals surface area contributed by atoms with Crippen molar-refractivity contribution in [2.75, 3.05) is 13.1 Å². The number of aromatic nitrogens is 1. The maximum Gasteiger partial charge on any atom is 0.239 e. The Hall–Kier alpha value is -1.95. The summed E-state index contributed by atoms with van der Waals surface area (Å²) in [5.41, 5.74) is 6.09. The van der Waals surface area contributed by atoms with Crippen LogP contribution in [0.25, 0.3) is 0 Å². The lowest BCUT2D eigenvalue weighted by molar-refractivity contribution is -0.133. The van der Waals surface area contributed by atoms with Gasteiger partial charge in [0.2, 0.25) is 5.91 Å². The number of hydrogen-bond donors (Lipinski definition) is 2. The third kappa shape index (κ3) is 4.51. The second-order valence-electron chi connectivity index (χ2n) is 6.49. The number of carbonyl (C=O) groups is 2. The lowest BCUT2D eigenvalue weighted by Gasteiger charge is -2.35. The van der Waals surface area contributed by atoms with E-state index in [1.165, 1.54) is 18.5 Å². The summed E-state index contributed by atoms with van der Waals surface area (Å²) in [6.45, 7) is 5.19. The van der Waals surface area contributed by atoms with Crippen LogP contribution in [0.4, 0.5) is 0 Å². The number of Topliss-reactive ketones (excluding diaryl/α,β-unsaturated/α-hetero) is 1. The van der Waals surface area contributed by atoms with Crippen molar-refractivity contribution >= 4 is 11.7 Å². The Bertz CT molecular complexity index is 566. The number of piperidine rings is 1. The van der Waals surface area contributed by atoms with Gasteiger partial charge >= 0.3 is 0 Å². The molecule has 6 nitrogen and oxygen atoms in total. The first-order valence-corrected chi connectivity index (χ1v) is 8.10. The number of amides is 1. The summed E-state index contributed by atoms with van der Waals surface area (Å²) >= 11 is 0. The summed E-state index contributed by atoms with van der Waals surface area (Å²) < 4.78 is 0. The van der Waals surface area contributed by atoms with Gasteiger partial charge in [0.05, 0.1) is 12.2 Å². The van der Waals surface area contributed by atoms with Gasteiger partial charge in [-0.15, -0.1) is 0 Å². The number of likely N-dealkylation sites (tertiary alicyclic amines) is 1. The summed E-state index contributed by atoms with van der Waals surface area (Å²) in [4.78, 5) is 29.8. The third-order valence-electron chi connectivity index (χ3n) is 4.60. The summed E-state index contributed by atoms with van der Waals surface area (Å²) in [6.07, 6.45) is 5.01. The van der Waals surface area contributed by atoms with E-state index in [2.05, 4.69) is 11.9 Å². The van der Waals surface area contributed by atoms with Crippen LogP contribution in [0.1, 0.15) is 43.5 Å². The van der Waals surface area contributed by atoms with Gasteiger partial charge in [0.15, 0.2) is 5.78 Å². The number of rotatable bonds is 5. The van der Waals surface area contributed by atoms with Crippen molar-refractivity contribution in [1.82, 2.24) is 9.88 Å². The first-order chi connectivity index (χ1) is 10.9. The predicted molar refractivity (Wildman–Crippen MR) is 87.0 cm³/mol. The number of nitrogens with two attached hydrogens (primary N) is 1. The highest BCUT2D eigenvalue weighted by Gasteiger charge is 2.28. The smallest absolute Gasteiger partial charge is 0.239 e. The molecule has 1 unspecified atom stereocenters. The molecule has 3 N–H and O–H groups in total. The van der Waals surface area contributed by atoms with E-state index >= 15 is 0 Å². The fourth-order valence-electron chi connectivity index (χ4n) is 3.13. The molecule has 6 heteroatoms. The topological polar surface area (TPSA) is 96.5 Å². The Morgan fingerprint density at radius 1 is 1.35 bits per heavy atom. The lowest BCUT2D eigenvalue weighted by Crippen LogP contribution is -2.46. The van der Waals surface area contributed by atoms with Crippen molar-refractivity contribution in [3.05, 3.63) is 24.0 Å². The summed E-state index contributed by atoms with van der Waals surface area (Å²) in [7, 11) is 0. The van der Waals surface area contributed by atoms with Gasteiger partial charge < -0.3 is 15.7 Å². The Morgan fingerprint density at radius 2 is 2.00 bits per heavy atom. The Kier molecular flexibility index (Phi) is 5.71. The molecule has 1 aliphatic heterocycles. The zero-order valence-electron chi connectivity index (χ0n) is 13.7. The van der Waals surface area contributed by atoms with Crippen LogP contribution in [0.5, 0.6) is 5.75 Å². The summed E-state index contributed by atoms with van der Waals surface area (Å²) in [5, 5.41) is 9.41. The number of ketones is 1. The van der Waals surface area contributed by atoms with E-state index in [1.54, 1.807) is 6.92 Å². The van der Waals surface area contributed by atoms with Crippen molar-refractivity contribution in [3.8, 4) is 5.75 Å². The van der Waals surface area contributed by atoms with Crippen LogP contribution in [0.15, 0.2) is 18.5 Å². The fraction of sp³-hybridized carbons (Fsp3) is 0.588. The molecule has 0 saturated carbocycles. The second-order valence-corrected chi connectivity index (χ2v) is 6.49. The molecule has 2 rings (SSSR count). The van der Waals surface area contributed by atoms with Crippen LogP contribution < -0.4 is 5.73 Å². The van der Waals surface area contributed by atoms with E-state index in [-0.39, 0.29) is 23.4 Å². The van der Waals surface area contributed by atoms with Crippen LogP contribution in [-0.2, 0) is 4.79 Å². The van der Waals surface area contributed by atoms with Gasteiger partial charge in [-0.05, 0) is 37.7 Å². The Morgan fingerprint density at radius 3 is 2.57 bits per heavy atom. The highest BCUT2D eigenvalue weighted by Crippen LogP contribution is 2.28. The second kappa shape index (κ2) is 7.55. The third-order valence-corrected chi connectivity index (χ3v) is 4.60. The molecule has 0 aliphatic carbocycles. The molecule has 1 aromatic rings. The molecule has 1 saturated heterocycles. The number of aromatic hydroxyl groups is 1. The minimum absolute atomic E-state index is 0.00184. The molecular formula is C17H25N3O3. The monoisotopic (exact) mass is 319 g/mol. The van der Waals surface area contributed by atoms with Crippen LogP contribution in [0, 0.1) is 11.8 Å². The highest BCUT2D eigenvalue weighted by molar-refractivity contribution is 5.96. The maximum absolute atomic E-state index is 12.3. The molecule has 0 bridgehead atoms. The molecule has 0 aromatic carbocycles. The standard InChI is InChI=1S/C17H25N3O3/c1-11(7-16(22)14-8-15(21)10-19-9-14)13-3-5-20(6-4-13)17(23)12(2)18/h8-13,21H,3-7,18H2,1-2H3/t11?,12-/m0/s1. The van der Waals surface area contributed by atoms with Crippen LogP contribution in [-0.4, -0.2) is 45.8 Å². The van der Waals surface area contributed by atoms with E-state index < -0.39 is 6.04 Å². The average molecular weight is 319 g/mol. The van der Waals surface area contributed by atoms with Gasteiger partial charge in [-0.2, -0.15) is 0 Å². The average Bonchev–Trinajstić information content (AvgIpc) is 2.54. The number of pyridine rings is 1. The van der Waals surface area contributed by atoms with E-state index in [4.69, 9.17) is 5.73 Å². The van der Waals surface area contributed by atoms with Gasteiger partial charge in [0.25, 0.3) is 0 Å². The van der Waals surface area contributed by atoms with E-state index in [1.807, 2.05) is 4.90 Å². The van der Waals surface area contributed by atoms with Crippen LogP contribution in [0.3, 0.4) is 0 Å². The van der Waals surface area contributed by atoms with E-state index in [9.17, 15) is 14.7 Å². The van der Waals surface area contributed by atoms with Gasteiger partial charge in [-0.25, -0.2) is 0 Å². The number of carbonyl (C=O) groups excluding carboxylic acids is 2. The zero-order chi connectivity index (χ0) is 17.0. The summed E-state index contributed by atoms with van der Waals surface area (Å²) in [5.74, 6) is 0.651. The number of nitrogens with zero attached hydrogens (tertiary/aromatic N) is 2.